The zero-order chi connectivity index (χ0) is 10.6. The van der Waals surface area contributed by atoms with Crippen LogP contribution in [-0.4, -0.2) is 28.5 Å². The molecule has 1 aromatic rings. The molecule has 0 fully saturated rings. The van der Waals surface area contributed by atoms with Gasteiger partial charge in [-0.05, 0) is 18.5 Å². The Balaban J connectivity index is 2.46. The molecule has 0 aliphatic rings. The van der Waals surface area contributed by atoms with Gasteiger partial charge in [-0.25, -0.2) is 9.97 Å². The fourth-order valence-electron chi connectivity index (χ4n) is 1.52. The predicted octanol–water partition coefficient (Wildman–Crippen LogP) is 1.95. The predicted molar refractivity (Wildman–Crippen MR) is 57.8 cm³/mol. The first-order valence-electron chi connectivity index (χ1n) is 4.92. The van der Waals surface area contributed by atoms with E-state index in [1.807, 2.05) is 6.07 Å². The van der Waals surface area contributed by atoms with Gasteiger partial charge in [-0.1, -0.05) is 20.8 Å². The van der Waals surface area contributed by atoms with E-state index in [9.17, 15) is 0 Å². The molecule has 0 aromatic carbocycles. The summed E-state index contributed by atoms with van der Waals surface area (Å²) in [6.45, 7) is 8.56. The van der Waals surface area contributed by atoms with Crippen molar-refractivity contribution in [3.8, 4) is 0 Å². The Kier molecular flexibility index (Phi) is 3.58. The van der Waals surface area contributed by atoms with Crippen LogP contribution in [0.3, 0.4) is 0 Å². The van der Waals surface area contributed by atoms with E-state index < -0.39 is 0 Å². The Labute approximate surface area is 86.2 Å². The smallest absolute Gasteiger partial charge is 0.142 e. The van der Waals surface area contributed by atoms with E-state index in [0.717, 1.165) is 18.9 Å². The standard InChI is InChI=1S/C11H19N3/c1-11(2,3)9-14(4)8-10-12-6-5-7-13-10/h5-7H,8-9H2,1-4H3. The number of rotatable bonds is 3. The normalized spacial score (nSPS) is 12.1. The highest BCUT2D eigenvalue weighted by molar-refractivity contribution is 4.88. The van der Waals surface area contributed by atoms with Crippen LogP contribution in [0.15, 0.2) is 18.5 Å². The first-order chi connectivity index (χ1) is 6.47. The lowest BCUT2D eigenvalue weighted by Gasteiger charge is -2.25. The maximum atomic E-state index is 4.20. The van der Waals surface area contributed by atoms with Crippen molar-refractivity contribution in [2.45, 2.75) is 27.3 Å². The second kappa shape index (κ2) is 4.51. The summed E-state index contributed by atoms with van der Waals surface area (Å²) in [4.78, 5) is 10.6. The Bertz CT molecular complexity index is 264. The van der Waals surface area contributed by atoms with Crippen LogP contribution in [0.2, 0.25) is 0 Å². The van der Waals surface area contributed by atoms with Crippen molar-refractivity contribution < 1.29 is 0 Å². The fourth-order valence-corrected chi connectivity index (χ4v) is 1.52. The van der Waals surface area contributed by atoms with Gasteiger partial charge in [-0.2, -0.15) is 0 Å². The van der Waals surface area contributed by atoms with Crippen LogP contribution in [0.4, 0.5) is 0 Å². The minimum atomic E-state index is 0.323. The van der Waals surface area contributed by atoms with Crippen molar-refractivity contribution in [1.82, 2.24) is 14.9 Å². The van der Waals surface area contributed by atoms with Gasteiger partial charge in [0.1, 0.15) is 5.82 Å². The van der Waals surface area contributed by atoms with Crippen LogP contribution < -0.4 is 0 Å². The molecule has 0 aliphatic carbocycles. The van der Waals surface area contributed by atoms with Crippen molar-refractivity contribution in [3.63, 3.8) is 0 Å². The van der Waals surface area contributed by atoms with Crippen molar-refractivity contribution in [3.05, 3.63) is 24.3 Å². The van der Waals surface area contributed by atoms with Crippen LogP contribution in [0, 0.1) is 5.41 Å². The zero-order valence-corrected chi connectivity index (χ0v) is 9.49. The van der Waals surface area contributed by atoms with Crippen LogP contribution >= 0.6 is 0 Å². The molecule has 1 aromatic heterocycles. The third-order valence-electron chi connectivity index (χ3n) is 1.77. The molecule has 0 N–H and O–H groups in total. The first-order valence-corrected chi connectivity index (χ1v) is 4.92. The Morgan fingerprint density at radius 1 is 1.21 bits per heavy atom. The molecule has 0 saturated carbocycles. The molecule has 0 radical (unpaired) electrons. The number of hydrogen-bond donors (Lipinski definition) is 0. The van der Waals surface area contributed by atoms with Crippen molar-refractivity contribution >= 4 is 0 Å². The molecule has 0 bridgehead atoms. The van der Waals surface area contributed by atoms with E-state index in [-0.39, 0.29) is 0 Å². The van der Waals surface area contributed by atoms with Crippen LogP contribution in [-0.2, 0) is 6.54 Å². The van der Waals surface area contributed by atoms with E-state index >= 15 is 0 Å². The molecule has 0 amide bonds. The summed E-state index contributed by atoms with van der Waals surface area (Å²) in [5, 5.41) is 0. The van der Waals surface area contributed by atoms with Crippen molar-refractivity contribution in [1.29, 1.82) is 0 Å². The number of hydrogen-bond acceptors (Lipinski definition) is 3. The molecule has 14 heavy (non-hydrogen) atoms. The highest BCUT2D eigenvalue weighted by atomic mass is 15.1. The molecule has 0 spiro atoms. The van der Waals surface area contributed by atoms with Gasteiger partial charge in [0.15, 0.2) is 0 Å². The van der Waals surface area contributed by atoms with Gasteiger partial charge in [0.2, 0.25) is 0 Å². The Morgan fingerprint density at radius 2 is 1.79 bits per heavy atom. The molecule has 3 nitrogen and oxygen atoms in total. The number of aromatic nitrogens is 2. The minimum absolute atomic E-state index is 0.323. The third kappa shape index (κ3) is 4.33. The van der Waals surface area contributed by atoms with E-state index in [0.29, 0.717) is 5.41 Å². The molecular formula is C11H19N3. The van der Waals surface area contributed by atoms with Gasteiger partial charge in [0.25, 0.3) is 0 Å². The molecular weight excluding hydrogens is 174 g/mol. The molecule has 0 atom stereocenters. The van der Waals surface area contributed by atoms with Gasteiger partial charge in [-0.15, -0.1) is 0 Å². The fraction of sp³-hybridized carbons (Fsp3) is 0.636. The van der Waals surface area contributed by atoms with Gasteiger partial charge >= 0.3 is 0 Å². The highest BCUT2D eigenvalue weighted by Crippen LogP contribution is 2.14. The second-order valence-corrected chi connectivity index (χ2v) is 4.90. The molecule has 0 unspecified atom stereocenters. The van der Waals surface area contributed by atoms with E-state index in [1.54, 1.807) is 12.4 Å². The summed E-state index contributed by atoms with van der Waals surface area (Å²) >= 11 is 0. The lowest BCUT2D eigenvalue weighted by atomic mass is 9.96. The van der Waals surface area contributed by atoms with E-state index in [4.69, 9.17) is 0 Å². The Morgan fingerprint density at radius 3 is 2.29 bits per heavy atom. The van der Waals surface area contributed by atoms with Crippen LogP contribution in [0.25, 0.3) is 0 Å². The quantitative estimate of drug-likeness (QED) is 0.734. The van der Waals surface area contributed by atoms with Gasteiger partial charge in [0.05, 0.1) is 6.54 Å². The SMILES string of the molecule is CN(Cc1ncccn1)CC(C)(C)C. The lowest BCUT2D eigenvalue weighted by molar-refractivity contribution is 0.217. The largest absolute Gasteiger partial charge is 0.299 e. The molecule has 1 heterocycles. The van der Waals surface area contributed by atoms with Gasteiger partial charge < -0.3 is 0 Å². The minimum Gasteiger partial charge on any atom is -0.299 e. The van der Waals surface area contributed by atoms with Crippen LogP contribution in [0.5, 0.6) is 0 Å². The summed E-state index contributed by atoms with van der Waals surface area (Å²) in [6.07, 6.45) is 3.57. The zero-order valence-electron chi connectivity index (χ0n) is 9.49. The molecule has 3 heteroatoms. The molecule has 1 rings (SSSR count). The molecule has 0 saturated heterocycles. The van der Waals surface area contributed by atoms with E-state index in [2.05, 4.69) is 42.7 Å². The first kappa shape index (κ1) is 11.1. The topological polar surface area (TPSA) is 29.0 Å². The Hall–Kier alpha value is -0.960. The number of nitrogens with zero attached hydrogens (tertiary/aromatic N) is 3. The van der Waals surface area contributed by atoms with Crippen molar-refractivity contribution in [2.24, 2.45) is 5.41 Å². The van der Waals surface area contributed by atoms with E-state index in [1.165, 1.54) is 0 Å². The summed E-state index contributed by atoms with van der Waals surface area (Å²) < 4.78 is 0. The molecule has 78 valence electrons. The summed E-state index contributed by atoms with van der Waals surface area (Å²) in [5.41, 5.74) is 0.323. The summed E-state index contributed by atoms with van der Waals surface area (Å²) in [5.74, 6) is 0.888. The maximum Gasteiger partial charge on any atom is 0.142 e. The van der Waals surface area contributed by atoms with Crippen molar-refractivity contribution in [2.75, 3.05) is 13.6 Å². The summed E-state index contributed by atoms with van der Waals surface area (Å²) in [7, 11) is 2.10. The third-order valence-corrected chi connectivity index (χ3v) is 1.77. The monoisotopic (exact) mass is 193 g/mol. The maximum absolute atomic E-state index is 4.20. The second-order valence-electron chi connectivity index (χ2n) is 4.90. The summed E-state index contributed by atoms with van der Waals surface area (Å²) in [6, 6.07) is 1.84. The lowest BCUT2D eigenvalue weighted by Crippen LogP contribution is -2.29. The van der Waals surface area contributed by atoms with Gasteiger partial charge in [0, 0.05) is 18.9 Å². The van der Waals surface area contributed by atoms with Crippen LogP contribution in [0.1, 0.15) is 26.6 Å². The van der Waals surface area contributed by atoms with Gasteiger partial charge in [-0.3, -0.25) is 4.90 Å². The average Bonchev–Trinajstić information content (AvgIpc) is 2.02. The average molecular weight is 193 g/mol. The molecule has 0 aliphatic heterocycles. The highest BCUT2D eigenvalue weighted by Gasteiger charge is 2.13.